The molecule has 0 aliphatic carbocycles. The molecule has 170 valence electrons. The molecule has 0 spiro atoms. The van der Waals surface area contributed by atoms with Gasteiger partial charge < -0.3 is 19.4 Å². The molecule has 0 atom stereocenters. The van der Waals surface area contributed by atoms with Crippen molar-refractivity contribution in [2.24, 2.45) is 0 Å². The van der Waals surface area contributed by atoms with Crippen LogP contribution < -0.4 is 5.32 Å². The van der Waals surface area contributed by atoms with Gasteiger partial charge in [-0.05, 0) is 56.3 Å². The van der Waals surface area contributed by atoms with E-state index in [-0.39, 0.29) is 12.3 Å². The lowest BCUT2D eigenvalue weighted by Gasteiger charge is -2.11. The van der Waals surface area contributed by atoms with Gasteiger partial charge in [0.1, 0.15) is 6.54 Å². The van der Waals surface area contributed by atoms with E-state index in [0.29, 0.717) is 22.4 Å². The molecule has 2 aromatic carbocycles. The summed E-state index contributed by atoms with van der Waals surface area (Å²) >= 11 is 0. The number of esters is 2. The average Bonchev–Trinajstić information content (AvgIpc) is 3.14. The smallest absolute Gasteiger partial charge is 0.337 e. The van der Waals surface area contributed by atoms with Crippen molar-refractivity contribution in [1.82, 2.24) is 9.88 Å². The number of carbonyl (C=O) groups is 4. The first-order valence-corrected chi connectivity index (χ1v) is 10.2. The van der Waals surface area contributed by atoms with Gasteiger partial charge in [-0.15, -0.1) is 0 Å². The fraction of sp³-hybridized carbons (Fsp3) is 0.200. The van der Waals surface area contributed by atoms with Crippen molar-refractivity contribution < 1.29 is 28.7 Å². The first-order chi connectivity index (χ1) is 15.8. The van der Waals surface area contributed by atoms with Crippen LogP contribution in [0.25, 0.3) is 5.69 Å². The fourth-order valence-electron chi connectivity index (χ4n) is 3.43. The number of amides is 1. The topological polar surface area (TPSA) is 104 Å². The normalized spacial score (nSPS) is 10.4. The van der Waals surface area contributed by atoms with Crippen LogP contribution in [0.3, 0.4) is 0 Å². The Morgan fingerprint density at radius 1 is 0.909 bits per heavy atom. The van der Waals surface area contributed by atoms with E-state index in [0.717, 1.165) is 11.4 Å². The van der Waals surface area contributed by atoms with Crippen molar-refractivity contribution in [2.75, 3.05) is 20.3 Å². The maximum atomic E-state index is 12.7. The molecule has 3 rings (SSSR count). The minimum Gasteiger partial charge on any atom is -0.465 e. The zero-order valence-corrected chi connectivity index (χ0v) is 18.6. The number of nitrogens with one attached hydrogen (secondary N) is 1. The van der Waals surface area contributed by atoms with Crippen molar-refractivity contribution in [3.8, 4) is 5.69 Å². The van der Waals surface area contributed by atoms with Gasteiger partial charge in [0, 0.05) is 28.2 Å². The van der Waals surface area contributed by atoms with Crippen LogP contribution in [0.4, 0.5) is 0 Å². The van der Waals surface area contributed by atoms with E-state index in [9.17, 15) is 19.2 Å². The first-order valence-electron chi connectivity index (χ1n) is 10.2. The van der Waals surface area contributed by atoms with Gasteiger partial charge in [-0.3, -0.25) is 14.4 Å². The standard InChI is InChI=1S/C25H24N2O6/c1-16-13-21(17(2)27(16)20-11-9-19(10-12-20)25(31)32-3)22(28)15-33-23(29)14-26-24(30)18-7-5-4-6-8-18/h4-13H,14-15H2,1-3H3,(H,26,30). The van der Waals surface area contributed by atoms with Crippen LogP contribution in [-0.2, 0) is 14.3 Å². The van der Waals surface area contributed by atoms with Gasteiger partial charge in [0.15, 0.2) is 6.61 Å². The quantitative estimate of drug-likeness (QED) is 0.420. The molecular formula is C25H24N2O6. The number of rotatable bonds is 8. The molecule has 8 heteroatoms. The third-order valence-electron chi connectivity index (χ3n) is 5.07. The van der Waals surface area contributed by atoms with Crippen molar-refractivity contribution in [3.63, 3.8) is 0 Å². The minimum atomic E-state index is -0.708. The molecule has 0 unspecified atom stereocenters. The SMILES string of the molecule is COC(=O)c1ccc(-n2c(C)cc(C(=O)COC(=O)CNC(=O)c3ccccc3)c2C)cc1. The predicted octanol–water partition coefficient (Wildman–Crippen LogP) is 3.04. The van der Waals surface area contributed by atoms with Gasteiger partial charge in [0.25, 0.3) is 5.91 Å². The molecule has 1 heterocycles. The number of carbonyl (C=O) groups excluding carboxylic acids is 4. The number of hydrogen-bond acceptors (Lipinski definition) is 6. The zero-order chi connectivity index (χ0) is 24.0. The molecule has 0 fully saturated rings. The maximum Gasteiger partial charge on any atom is 0.337 e. The second kappa shape index (κ2) is 10.4. The monoisotopic (exact) mass is 448 g/mol. The average molecular weight is 448 g/mol. The third kappa shape index (κ3) is 5.54. The number of Topliss-reactive ketones (excluding diaryl/α,β-unsaturated/α-hetero) is 1. The number of hydrogen-bond donors (Lipinski definition) is 1. The minimum absolute atomic E-state index is 0.341. The summed E-state index contributed by atoms with van der Waals surface area (Å²) in [6.45, 7) is 2.86. The number of ketones is 1. The fourth-order valence-corrected chi connectivity index (χ4v) is 3.43. The summed E-state index contributed by atoms with van der Waals surface area (Å²) in [5, 5.41) is 2.46. The van der Waals surface area contributed by atoms with E-state index < -0.39 is 24.5 Å². The predicted molar refractivity (Wildman–Crippen MR) is 121 cm³/mol. The Hall–Kier alpha value is -4.20. The Morgan fingerprint density at radius 3 is 2.21 bits per heavy atom. The Bertz CT molecular complexity index is 1180. The van der Waals surface area contributed by atoms with Gasteiger partial charge in [-0.2, -0.15) is 0 Å². The Balaban J connectivity index is 1.61. The highest BCUT2D eigenvalue weighted by Crippen LogP contribution is 2.22. The van der Waals surface area contributed by atoms with Crippen LogP contribution >= 0.6 is 0 Å². The number of aryl methyl sites for hydroxylation is 1. The number of ether oxygens (including phenoxy) is 2. The van der Waals surface area contributed by atoms with Crippen molar-refractivity contribution in [1.29, 1.82) is 0 Å². The summed E-state index contributed by atoms with van der Waals surface area (Å²) in [5.41, 5.74) is 3.53. The van der Waals surface area contributed by atoms with Crippen LogP contribution in [0.5, 0.6) is 0 Å². The molecule has 1 aromatic heterocycles. The highest BCUT2D eigenvalue weighted by molar-refractivity contribution is 6.00. The van der Waals surface area contributed by atoms with E-state index >= 15 is 0 Å². The van der Waals surface area contributed by atoms with Crippen LogP contribution in [0.1, 0.15) is 42.5 Å². The van der Waals surface area contributed by atoms with Crippen molar-refractivity contribution in [3.05, 3.63) is 88.7 Å². The summed E-state index contributed by atoms with van der Waals surface area (Å²) in [6.07, 6.45) is 0. The number of methoxy groups -OCH3 is 1. The van der Waals surface area contributed by atoms with E-state index in [1.54, 1.807) is 67.6 Å². The molecule has 1 N–H and O–H groups in total. The summed E-state index contributed by atoms with van der Waals surface area (Å²) < 4.78 is 11.6. The number of aromatic nitrogens is 1. The second-order valence-electron chi connectivity index (χ2n) is 7.29. The van der Waals surface area contributed by atoms with Crippen molar-refractivity contribution >= 4 is 23.6 Å². The van der Waals surface area contributed by atoms with Gasteiger partial charge >= 0.3 is 11.9 Å². The Morgan fingerprint density at radius 2 is 1.58 bits per heavy atom. The molecule has 3 aromatic rings. The first kappa shape index (κ1) is 23.5. The highest BCUT2D eigenvalue weighted by Gasteiger charge is 2.19. The summed E-state index contributed by atoms with van der Waals surface area (Å²) in [7, 11) is 1.32. The molecule has 0 aliphatic heterocycles. The van der Waals surface area contributed by atoms with E-state index in [1.807, 2.05) is 11.5 Å². The molecule has 0 radical (unpaired) electrons. The molecule has 0 aliphatic rings. The molecule has 0 saturated carbocycles. The summed E-state index contributed by atoms with van der Waals surface area (Å²) in [4.78, 5) is 48.3. The molecule has 0 bridgehead atoms. The van der Waals surface area contributed by atoms with Crippen LogP contribution in [0.2, 0.25) is 0 Å². The molecule has 1 amide bonds. The Labute approximate surface area is 191 Å². The molecule has 33 heavy (non-hydrogen) atoms. The Kier molecular flexibility index (Phi) is 7.40. The highest BCUT2D eigenvalue weighted by atomic mass is 16.5. The molecule has 8 nitrogen and oxygen atoms in total. The van der Waals surface area contributed by atoms with E-state index in [1.165, 1.54) is 7.11 Å². The number of benzene rings is 2. The number of nitrogens with zero attached hydrogens (tertiary/aromatic N) is 1. The lowest BCUT2D eigenvalue weighted by molar-refractivity contribution is -0.141. The second-order valence-corrected chi connectivity index (χ2v) is 7.29. The largest absolute Gasteiger partial charge is 0.465 e. The molecule has 0 saturated heterocycles. The lowest BCUT2D eigenvalue weighted by atomic mass is 10.1. The van der Waals surface area contributed by atoms with Gasteiger partial charge in [0.2, 0.25) is 5.78 Å². The van der Waals surface area contributed by atoms with Crippen molar-refractivity contribution in [2.45, 2.75) is 13.8 Å². The lowest BCUT2D eigenvalue weighted by Crippen LogP contribution is -2.31. The van der Waals surface area contributed by atoms with E-state index in [2.05, 4.69) is 5.32 Å². The van der Waals surface area contributed by atoms with Gasteiger partial charge in [-0.1, -0.05) is 18.2 Å². The third-order valence-corrected chi connectivity index (χ3v) is 5.07. The summed E-state index contributed by atoms with van der Waals surface area (Å²) in [6, 6.07) is 17.0. The van der Waals surface area contributed by atoms with E-state index in [4.69, 9.17) is 9.47 Å². The van der Waals surface area contributed by atoms with Gasteiger partial charge in [0.05, 0.1) is 12.7 Å². The van der Waals surface area contributed by atoms with Crippen LogP contribution in [0.15, 0.2) is 60.7 Å². The van der Waals surface area contributed by atoms with Crippen LogP contribution in [-0.4, -0.2) is 48.5 Å². The van der Waals surface area contributed by atoms with Gasteiger partial charge in [-0.25, -0.2) is 4.79 Å². The zero-order valence-electron chi connectivity index (χ0n) is 18.6. The molecular weight excluding hydrogens is 424 g/mol. The van der Waals surface area contributed by atoms with Crippen LogP contribution in [0, 0.1) is 13.8 Å². The summed E-state index contributed by atoms with van der Waals surface area (Å²) in [5.74, 6) is -1.90. The maximum absolute atomic E-state index is 12.7.